The predicted octanol–water partition coefficient (Wildman–Crippen LogP) is 5.10. The van der Waals surface area contributed by atoms with Crippen molar-refractivity contribution in [3.63, 3.8) is 0 Å². The average Bonchev–Trinajstić information content (AvgIpc) is 3.59. The number of aromatic nitrogens is 5. The molecule has 0 spiro atoms. The number of ether oxygens (including phenoxy) is 2. The molecule has 200 valence electrons. The number of hydrogen-bond acceptors (Lipinski definition) is 7. The molecule has 0 amide bonds. The van der Waals surface area contributed by atoms with Crippen molar-refractivity contribution in [1.82, 2.24) is 30.1 Å². The Kier molecular flexibility index (Phi) is 7.21. The summed E-state index contributed by atoms with van der Waals surface area (Å²) < 4.78 is 13.1. The number of tetrazole rings is 1. The van der Waals surface area contributed by atoms with Crippen LogP contribution >= 0.6 is 0 Å². The Labute approximate surface area is 222 Å². The number of rotatable bonds is 10. The highest BCUT2D eigenvalue weighted by atomic mass is 16.7. The van der Waals surface area contributed by atoms with Crippen molar-refractivity contribution in [3.05, 3.63) is 75.3 Å². The fraction of sp³-hybridized carbons (Fsp3) is 0.448. The summed E-state index contributed by atoms with van der Waals surface area (Å²) >= 11 is 0. The molecule has 1 aliphatic heterocycles. The number of benzene rings is 2. The van der Waals surface area contributed by atoms with E-state index in [2.05, 4.69) is 72.2 Å². The summed E-state index contributed by atoms with van der Waals surface area (Å²) in [5.41, 5.74) is 3.53. The summed E-state index contributed by atoms with van der Waals surface area (Å²) in [7, 11) is 0. The Morgan fingerprint density at radius 2 is 1.82 bits per heavy atom. The van der Waals surface area contributed by atoms with E-state index in [9.17, 15) is 4.79 Å². The van der Waals surface area contributed by atoms with Gasteiger partial charge in [-0.1, -0.05) is 32.9 Å². The monoisotopic (exact) mass is 516 g/mol. The Morgan fingerprint density at radius 1 is 1.03 bits per heavy atom. The highest BCUT2D eigenvalue weighted by molar-refractivity contribution is 5.79. The van der Waals surface area contributed by atoms with Gasteiger partial charge in [0.2, 0.25) is 6.79 Å². The first-order chi connectivity index (χ1) is 18.3. The quantitative estimate of drug-likeness (QED) is 0.313. The van der Waals surface area contributed by atoms with Crippen LogP contribution in [0.3, 0.4) is 0 Å². The normalized spacial score (nSPS) is 13.9. The van der Waals surface area contributed by atoms with E-state index in [4.69, 9.17) is 9.47 Å². The van der Waals surface area contributed by atoms with E-state index in [0.29, 0.717) is 18.7 Å². The lowest BCUT2D eigenvalue weighted by atomic mass is 10.0. The molecule has 0 aliphatic carbocycles. The van der Waals surface area contributed by atoms with Gasteiger partial charge in [-0.3, -0.25) is 9.69 Å². The Bertz CT molecular complexity index is 1490. The van der Waals surface area contributed by atoms with E-state index in [-0.39, 0.29) is 23.9 Å². The van der Waals surface area contributed by atoms with Crippen LogP contribution in [0.2, 0.25) is 0 Å². The smallest absolute Gasteiger partial charge is 0.252 e. The van der Waals surface area contributed by atoms with Gasteiger partial charge in [0.05, 0.1) is 11.6 Å². The van der Waals surface area contributed by atoms with E-state index in [1.165, 1.54) is 5.56 Å². The Hall–Kier alpha value is -3.72. The number of aromatic amines is 1. The fourth-order valence-electron chi connectivity index (χ4n) is 4.99. The molecule has 0 radical (unpaired) electrons. The molecule has 5 rings (SSSR count). The first kappa shape index (κ1) is 25.9. The molecule has 9 nitrogen and oxygen atoms in total. The first-order valence-corrected chi connectivity index (χ1v) is 13.4. The Morgan fingerprint density at radius 3 is 2.58 bits per heavy atom. The molecular weight excluding hydrogens is 480 g/mol. The second kappa shape index (κ2) is 10.6. The molecule has 1 unspecified atom stereocenters. The lowest BCUT2D eigenvalue weighted by molar-refractivity contribution is 0.150. The molecule has 3 heterocycles. The van der Waals surface area contributed by atoms with Gasteiger partial charge in [0.25, 0.3) is 5.56 Å². The van der Waals surface area contributed by atoms with Crippen molar-refractivity contribution in [2.75, 3.05) is 6.79 Å². The van der Waals surface area contributed by atoms with E-state index in [1.807, 2.05) is 35.0 Å². The summed E-state index contributed by atoms with van der Waals surface area (Å²) in [5, 5.41) is 14.0. The minimum absolute atomic E-state index is 0.0826. The van der Waals surface area contributed by atoms with E-state index < -0.39 is 0 Å². The molecule has 9 heteroatoms. The van der Waals surface area contributed by atoms with Crippen LogP contribution in [0.5, 0.6) is 11.5 Å². The summed E-state index contributed by atoms with van der Waals surface area (Å²) in [5.74, 6) is 2.28. The zero-order valence-electron chi connectivity index (χ0n) is 22.8. The molecule has 1 atom stereocenters. The van der Waals surface area contributed by atoms with Crippen LogP contribution in [0, 0.1) is 0 Å². The summed E-state index contributed by atoms with van der Waals surface area (Å²) in [6, 6.07) is 14.1. The number of fused-ring (bicyclic) bond motifs is 2. The lowest BCUT2D eigenvalue weighted by Crippen LogP contribution is -2.36. The number of nitrogens with zero attached hydrogens (tertiary/aromatic N) is 5. The van der Waals surface area contributed by atoms with E-state index in [1.54, 1.807) is 0 Å². The molecule has 0 saturated heterocycles. The third kappa shape index (κ3) is 5.03. The molecular formula is C29H36N6O3. The van der Waals surface area contributed by atoms with Crippen LogP contribution < -0.4 is 15.0 Å². The fourth-order valence-corrected chi connectivity index (χ4v) is 4.99. The van der Waals surface area contributed by atoms with Crippen LogP contribution in [-0.2, 0) is 25.0 Å². The van der Waals surface area contributed by atoms with Crippen LogP contribution in [0.25, 0.3) is 10.9 Å². The van der Waals surface area contributed by atoms with E-state index >= 15 is 0 Å². The van der Waals surface area contributed by atoms with Crippen molar-refractivity contribution < 1.29 is 9.47 Å². The summed E-state index contributed by atoms with van der Waals surface area (Å²) in [6.07, 6.45) is 2.60. The molecule has 0 fully saturated rings. The zero-order valence-corrected chi connectivity index (χ0v) is 22.8. The molecule has 38 heavy (non-hydrogen) atoms. The maximum Gasteiger partial charge on any atom is 0.252 e. The number of nitrogens with one attached hydrogen (secondary N) is 1. The third-order valence-corrected chi connectivity index (χ3v) is 7.65. The number of H-pyrrole nitrogens is 1. The van der Waals surface area contributed by atoms with Crippen LogP contribution in [-0.4, -0.2) is 36.9 Å². The van der Waals surface area contributed by atoms with Crippen LogP contribution in [0.1, 0.15) is 76.0 Å². The second-order valence-corrected chi connectivity index (χ2v) is 10.5. The lowest BCUT2D eigenvalue weighted by Gasteiger charge is -2.33. The van der Waals surface area contributed by atoms with Gasteiger partial charge in [0.1, 0.15) is 0 Å². The predicted molar refractivity (Wildman–Crippen MR) is 146 cm³/mol. The zero-order chi connectivity index (χ0) is 26.9. The van der Waals surface area contributed by atoms with Gasteiger partial charge in [0.15, 0.2) is 17.3 Å². The average molecular weight is 517 g/mol. The van der Waals surface area contributed by atoms with Crippen molar-refractivity contribution in [2.45, 2.75) is 78.6 Å². The van der Waals surface area contributed by atoms with Gasteiger partial charge in [-0.2, -0.15) is 0 Å². The van der Waals surface area contributed by atoms with Gasteiger partial charge in [0, 0.05) is 24.2 Å². The van der Waals surface area contributed by atoms with Crippen LogP contribution in [0.15, 0.2) is 47.3 Å². The second-order valence-electron chi connectivity index (χ2n) is 10.5. The molecule has 0 saturated carbocycles. The van der Waals surface area contributed by atoms with Gasteiger partial charge in [-0.05, 0) is 90.4 Å². The molecule has 4 aromatic rings. The van der Waals surface area contributed by atoms with Crippen molar-refractivity contribution >= 4 is 10.9 Å². The summed E-state index contributed by atoms with van der Waals surface area (Å²) in [4.78, 5) is 18.6. The molecule has 2 aromatic heterocycles. The standard InChI is InChI=1S/C29H36N6O3/c1-6-19-9-11-23-21(13-19)15-22(28(36)30-23)17-34(16-20-10-12-25-26(14-20)38-18-37-25)24(7-2)27-31-32-33-35(27)29(4,5)8-3/h9-15,24H,6-8,16-18H2,1-5H3,(H,30,36). The highest BCUT2D eigenvalue weighted by Gasteiger charge is 2.31. The molecule has 1 N–H and O–H groups in total. The SMILES string of the molecule is CCc1ccc2[nH]c(=O)c(CN(Cc3ccc4c(c3)OCO4)C(CC)c3nnnn3C(C)(C)CC)cc2c1. The molecule has 2 aromatic carbocycles. The number of aryl methyl sites for hydroxylation is 1. The molecule has 1 aliphatic rings. The number of hydrogen-bond donors (Lipinski definition) is 1. The largest absolute Gasteiger partial charge is 0.454 e. The topological polar surface area (TPSA) is 98.2 Å². The first-order valence-electron chi connectivity index (χ1n) is 13.4. The summed E-state index contributed by atoms with van der Waals surface area (Å²) in [6.45, 7) is 11.9. The minimum atomic E-state index is -0.242. The van der Waals surface area contributed by atoms with Crippen molar-refractivity contribution in [1.29, 1.82) is 0 Å². The van der Waals surface area contributed by atoms with Gasteiger partial charge < -0.3 is 14.5 Å². The maximum atomic E-state index is 13.2. The van der Waals surface area contributed by atoms with Crippen molar-refractivity contribution in [3.8, 4) is 11.5 Å². The number of pyridine rings is 1. The minimum Gasteiger partial charge on any atom is -0.454 e. The van der Waals surface area contributed by atoms with Gasteiger partial charge >= 0.3 is 0 Å². The van der Waals surface area contributed by atoms with Crippen molar-refractivity contribution in [2.24, 2.45) is 0 Å². The third-order valence-electron chi connectivity index (χ3n) is 7.65. The van der Waals surface area contributed by atoms with Gasteiger partial charge in [-0.25, -0.2) is 4.68 Å². The highest BCUT2D eigenvalue weighted by Crippen LogP contribution is 2.35. The maximum absolute atomic E-state index is 13.2. The van der Waals surface area contributed by atoms with Crippen LogP contribution in [0.4, 0.5) is 0 Å². The van der Waals surface area contributed by atoms with Gasteiger partial charge in [-0.15, -0.1) is 5.10 Å². The Balaban J connectivity index is 1.56. The van der Waals surface area contributed by atoms with E-state index in [0.717, 1.165) is 53.1 Å². The molecule has 0 bridgehead atoms.